The molecule has 1 heterocycles. The summed E-state index contributed by atoms with van der Waals surface area (Å²) in [5.41, 5.74) is 0. The van der Waals surface area contributed by atoms with Crippen LogP contribution in [0, 0.1) is 17.2 Å². The molecule has 5 heteroatoms. The van der Waals surface area contributed by atoms with Crippen LogP contribution in [0.2, 0.25) is 5.15 Å². The summed E-state index contributed by atoms with van der Waals surface area (Å²) in [6.45, 7) is 6.43. The van der Waals surface area contributed by atoms with Crippen molar-refractivity contribution in [2.75, 3.05) is 5.32 Å². The first-order valence-corrected chi connectivity index (χ1v) is 6.10. The standard InChI is InChI=1S/C10H14ClN3S/c1-4-7(6(2)3)13-10-14-9(11)8(5-12)15-10/h6-7H,4H2,1-3H3,(H,13,14). The third kappa shape index (κ3) is 3.08. The summed E-state index contributed by atoms with van der Waals surface area (Å²) in [6, 6.07) is 2.39. The van der Waals surface area contributed by atoms with Crippen molar-refractivity contribution in [1.29, 1.82) is 5.26 Å². The van der Waals surface area contributed by atoms with Crippen LogP contribution in [0.4, 0.5) is 5.13 Å². The van der Waals surface area contributed by atoms with Gasteiger partial charge < -0.3 is 5.32 Å². The fourth-order valence-electron chi connectivity index (χ4n) is 1.33. The maximum Gasteiger partial charge on any atom is 0.185 e. The maximum absolute atomic E-state index is 8.74. The van der Waals surface area contributed by atoms with Crippen molar-refractivity contribution in [3.63, 3.8) is 0 Å². The molecule has 0 radical (unpaired) electrons. The van der Waals surface area contributed by atoms with Gasteiger partial charge in [0.2, 0.25) is 0 Å². The zero-order valence-electron chi connectivity index (χ0n) is 9.04. The predicted octanol–water partition coefficient (Wildman–Crippen LogP) is 3.51. The quantitative estimate of drug-likeness (QED) is 0.880. The number of halogens is 1. The van der Waals surface area contributed by atoms with Crippen LogP contribution < -0.4 is 5.32 Å². The summed E-state index contributed by atoms with van der Waals surface area (Å²) < 4.78 is 0. The van der Waals surface area contributed by atoms with Gasteiger partial charge >= 0.3 is 0 Å². The van der Waals surface area contributed by atoms with Crippen molar-refractivity contribution in [2.24, 2.45) is 5.92 Å². The summed E-state index contributed by atoms with van der Waals surface area (Å²) in [6.07, 6.45) is 1.02. The minimum Gasteiger partial charge on any atom is -0.358 e. The molecule has 0 saturated carbocycles. The Balaban J connectivity index is 2.76. The summed E-state index contributed by atoms with van der Waals surface area (Å²) in [5, 5.41) is 13.1. The van der Waals surface area contributed by atoms with Gasteiger partial charge in [-0.15, -0.1) is 0 Å². The summed E-state index contributed by atoms with van der Waals surface area (Å²) in [5.74, 6) is 0.531. The lowest BCUT2D eigenvalue weighted by molar-refractivity contribution is 0.511. The van der Waals surface area contributed by atoms with Gasteiger partial charge in [-0.2, -0.15) is 5.26 Å². The number of rotatable bonds is 4. The monoisotopic (exact) mass is 243 g/mol. The fraction of sp³-hybridized carbons (Fsp3) is 0.600. The zero-order valence-corrected chi connectivity index (χ0v) is 10.6. The number of anilines is 1. The lowest BCUT2D eigenvalue weighted by Crippen LogP contribution is -2.24. The average molecular weight is 244 g/mol. The molecule has 1 aromatic rings. The van der Waals surface area contributed by atoms with Crippen LogP contribution in [0.1, 0.15) is 32.1 Å². The van der Waals surface area contributed by atoms with Gasteiger partial charge in [-0.25, -0.2) is 4.98 Å². The van der Waals surface area contributed by atoms with Crippen molar-refractivity contribution in [1.82, 2.24) is 4.98 Å². The van der Waals surface area contributed by atoms with Crippen molar-refractivity contribution in [2.45, 2.75) is 33.2 Å². The highest BCUT2D eigenvalue weighted by Gasteiger charge is 2.14. The minimum absolute atomic E-state index is 0.295. The summed E-state index contributed by atoms with van der Waals surface area (Å²) in [7, 11) is 0. The maximum atomic E-state index is 8.74. The molecule has 82 valence electrons. The molecule has 1 N–H and O–H groups in total. The molecule has 0 spiro atoms. The third-order valence-electron chi connectivity index (χ3n) is 2.24. The Hall–Kier alpha value is -0.790. The Labute approximate surface area is 99.1 Å². The Kier molecular flexibility index (Phi) is 4.37. The van der Waals surface area contributed by atoms with E-state index in [1.165, 1.54) is 11.3 Å². The topological polar surface area (TPSA) is 48.7 Å². The number of thiazole rings is 1. The van der Waals surface area contributed by atoms with Crippen LogP contribution in [0.3, 0.4) is 0 Å². The lowest BCUT2D eigenvalue weighted by Gasteiger charge is -2.19. The van der Waals surface area contributed by atoms with E-state index >= 15 is 0 Å². The van der Waals surface area contributed by atoms with E-state index in [0.29, 0.717) is 22.0 Å². The Morgan fingerprint density at radius 3 is 2.67 bits per heavy atom. The number of hydrogen-bond donors (Lipinski definition) is 1. The van der Waals surface area contributed by atoms with Gasteiger partial charge in [0.15, 0.2) is 10.3 Å². The van der Waals surface area contributed by atoms with E-state index in [1.54, 1.807) is 0 Å². The molecule has 0 amide bonds. The fourth-order valence-corrected chi connectivity index (χ4v) is 2.34. The van der Waals surface area contributed by atoms with Crippen LogP contribution >= 0.6 is 22.9 Å². The predicted molar refractivity (Wildman–Crippen MR) is 64.4 cm³/mol. The van der Waals surface area contributed by atoms with Crippen molar-refractivity contribution >= 4 is 28.1 Å². The largest absolute Gasteiger partial charge is 0.358 e. The van der Waals surface area contributed by atoms with Crippen molar-refractivity contribution in [3.8, 4) is 6.07 Å². The molecule has 0 aromatic carbocycles. The third-order valence-corrected chi connectivity index (χ3v) is 3.52. The van der Waals surface area contributed by atoms with Gasteiger partial charge in [0.05, 0.1) is 0 Å². The molecule has 1 atom stereocenters. The van der Waals surface area contributed by atoms with Gasteiger partial charge in [-0.05, 0) is 12.3 Å². The Morgan fingerprint density at radius 1 is 1.60 bits per heavy atom. The van der Waals surface area contributed by atoms with Gasteiger partial charge in [0.25, 0.3) is 0 Å². The van der Waals surface area contributed by atoms with Crippen molar-refractivity contribution in [3.05, 3.63) is 10.0 Å². The highest BCUT2D eigenvalue weighted by Crippen LogP contribution is 2.27. The van der Waals surface area contributed by atoms with E-state index in [2.05, 4.69) is 31.1 Å². The van der Waals surface area contributed by atoms with Crippen LogP contribution in [-0.4, -0.2) is 11.0 Å². The molecular weight excluding hydrogens is 230 g/mol. The highest BCUT2D eigenvalue weighted by molar-refractivity contribution is 7.16. The minimum atomic E-state index is 0.295. The van der Waals surface area contributed by atoms with Gasteiger partial charge in [-0.3, -0.25) is 0 Å². The number of nitrogens with zero attached hydrogens (tertiary/aromatic N) is 2. The van der Waals surface area contributed by atoms with Gasteiger partial charge in [0.1, 0.15) is 10.9 Å². The van der Waals surface area contributed by atoms with E-state index in [0.717, 1.165) is 11.6 Å². The number of nitriles is 1. The lowest BCUT2D eigenvalue weighted by atomic mass is 10.0. The molecule has 3 nitrogen and oxygen atoms in total. The molecule has 0 fully saturated rings. The van der Waals surface area contributed by atoms with Crippen LogP contribution in [0.25, 0.3) is 0 Å². The second-order valence-electron chi connectivity index (χ2n) is 3.65. The second-order valence-corrected chi connectivity index (χ2v) is 5.01. The van der Waals surface area contributed by atoms with Gasteiger partial charge in [-0.1, -0.05) is 43.7 Å². The first-order chi connectivity index (χ1) is 7.08. The normalized spacial score (nSPS) is 12.5. The molecule has 1 unspecified atom stereocenters. The summed E-state index contributed by atoms with van der Waals surface area (Å²) >= 11 is 7.09. The highest BCUT2D eigenvalue weighted by atomic mass is 35.5. The molecule has 1 aromatic heterocycles. The van der Waals surface area contributed by atoms with E-state index < -0.39 is 0 Å². The zero-order chi connectivity index (χ0) is 11.4. The molecule has 0 aliphatic carbocycles. The molecule has 0 saturated heterocycles. The molecule has 0 aliphatic heterocycles. The van der Waals surface area contributed by atoms with Crippen LogP contribution in [0.15, 0.2) is 0 Å². The number of aromatic nitrogens is 1. The number of hydrogen-bond acceptors (Lipinski definition) is 4. The van der Waals surface area contributed by atoms with Gasteiger partial charge in [0, 0.05) is 6.04 Å². The SMILES string of the molecule is CCC(Nc1nc(Cl)c(C#N)s1)C(C)C. The number of nitrogens with one attached hydrogen (secondary N) is 1. The molecule has 1 rings (SSSR count). The van der Waals surface area contributed by atoms with E-state index in [1.807, 2.05) is 6.07 Å². The molecule has 0 bridgehead atoms. The smallest absolute Gasteiger partial charge is 0.185 e. The Morgan fingerprint density at radius 2 is 2.27 bits per heavy atom. The van der Waals surface area contributed by atoms with E-state index in [9.17, 15) is 0 Å². The van der Waals surface area contributed by atoms with Crippen LogP contribution in [0.5, 0.6) is 0 Å². The first kappa shape index (κ1) is 12.3. The van der Waals surface area contributed by atoms with E-state index in [-0.39, 0.29) is 0 Å². The van der Waals surface area contributed by atoms with Crippen LogP contribution in [-0.2, 0) is 0 Å². The molecule has 0 aliphatic rings. The summed E-state index contributed by atoms with van der Waals surface area (Å²) in [4.78, 5) is 4.57. The molecule has 15 heavy (non-hydrogen) atoms. The Bertz CT molecular complexity index is 367. The van der Waals surface area contributed by atoms with Crippen molar-refractivity contribution < 1.29 is 0 Å². The second kappa shape index (κ2) is 5.34. The average Bonchev–Trinajstić information content (AvgIpc) is 2.54. The van der Waals surface area contributed by atoms with E-state index in [4.69, 9.17) is 16.9 Å². The first-order valence-electron chi connectivity index (χ1n) is 4.91. The molecular formula is C10H14ClN3S.